The van der Waals surface area contributed by atoms with Crippen LogP contribution in [-0.4, -0.2) is 68.3 Å². The van der Waals surface area contributed by atoms with Gasteiger partial charge in [0.1, 0.15) is 0 Å². The van der Waals surface area contributed by atoms with Gasteiger partial charge in [0, 0.05) is 38.6 Å². The summed E-state index contributed by atoms with van der Waals surface area (Å²) in [6, 6.07) is 0. The normalized spacial score (nSPS) is 11.1. The molecule has 6 heteroatoms. The molecule has 6 nitrogen and oxygen atoms in total. The first kappa shape index (κ1) is 48.4. The molecule has 0 spiro atoms. The molecule has 0 aromatic heterocycles. The van der Waals surface area contributed by atoms with Gasteiger partial charge in [0.25, 0.3) is 0 Å². The number of aliphatic hydroxyl groups excluding tert-OH is 1. The zero-order chi connectivity index (χ0) is 36.4. The Morgan fingerprint density at radius 3 is 1.52 bits per heavy atom. The van der Waals surface area contributed by atoms with Crippen LogP contribution in [0.25, 0.3) is 0 Å². The van der Waals surface area contributed by atoms with E-state index in [9.17, 15) is 9.90 Å². The smallest absolute Gasteiger partial charge is 0.305 e. The highest BCUT2D eigenvalue weighted by atomic mass is 16.7. The summed E-state index contributed by atoms with van der Waals surface area (Å²) in [4.78, 5) is 14.4. The van der Waals surface area contributed by atoms with Gasteiger partial charge in [-0.15, -0.1) is 23.7 Å². The largest absolute Gasteiger partial charge is 0.466 e. The third-order valence-electron chi connectivity index (χ3n) is 9.07. The van der Waals surface area contributed by atoms with E-state index in [1.54, 1.807) is 0 Å². The van der Waals surface area contributed by atoms with Crippen LogP contribution in [0.4, 0.5) is 0 Å². The predicted octanol–water partition coefficient (Wildman–Crippen LogP) is 11.2. The fourth-order valence-corrected chi connectivity index (χ4v) is 5.86. The first-order valence-corrected chi connectivity index (χ1v) is 21.3. The van der Waals surface area contributed by atoms with Gasteiger partial charge in [-0.1, -0.05) is 117 Å². The molecule has 0 aromatic carbocycles. The first-order chi connectivity index (χ1) is 24.7. The van der Waals surface area contributed by atoms with Crippen LogP contribution in [0.1, 0.15) is 201 Å². The summed E-state index contributed by atoms with van der Waals surface area (Å²) >= 11 is 0. The van der Waals surface area contributed by atoms with Crippen molar-refractivity contribution < 1.29 is 24.1 Å². The van der Waals surface area contributed by atoms with Gasteiger partial charge in [-0.3, -0.25) is 4.79 Å². The van der Waals surface area contributed by atoms with E-state index < -0.39 is 0 Å². The molecule has 1 N–H and O–H groups in total. The monoisotopic (exact) mass is 704 g/mol. The van der Waals surface area contributed by atoms with Gasteiger partial charge in [0.15, 0.2) is 6.29 Å². The number of hydrogen-bond acceptors (Lipinski definition) is 6. The number of aliphatic hydroxyl groups is 1. The van der Waals surface area contributed by atoms with Gasteiger partial charge in [-0.05, 0) is 64.5 Å². The van der Waals surface area contributed by atoms with E-state index in [0.717, 1.165) is 90.3 Å². The van der Waals surface area contributed by atoms with Crippen LogP contribution >= 0.6 is 0 Å². The highest BCUT2D eigenvalue weighted by Gasteiger charge is 2.09. The Bertz CT molecular complexity index is 794. The molecule has 0 bridgehead atoms. The van der Waals surface area contributed by atoms with E-state index in [1.807, 2.05) is 0 Å². The Labute approximate surface area is 310 Å². The van der Waals surface area contributed by atoms with Crippen molar-refractivity contribution in [1.82, 2.24) is 4.90 Å². The summed E-state index contributed by atoms with van der Waals surface area (Å²) in [5, 5.41) is 9.55. The van der Waals surface area contributed by atoms with E-state index in [-0.39, 0.29) is 18.9 Å². The number of hydrogen-bond donors (Lipinski definition) is 1. The lowest BCUT2D eigenvalue weighted by Gasteiger charge is -2.21. The standard InChI is InChI=1S/C44H81NO5/c1-4-7-10-13-18-26-31-40-48-43(47)34-27-20-19-23-30-37-45(38-39-46)36-29-22-17-16-21-28-35-44(49-41-32-24-14-11-8-5-2)50-42-33-25-15-12-9-6-3/h44,46H,4-13,16-23,26-42H2,1-3H3. The van der Waals surface area contributed by atoms with Gasteiger partial charge in [0.05, 0.1) is 26.4 Å². The van der Waals surface area contributed by atoms with Crippen molar-refractivity contribution in [2.45, 2.75) is 207 Å². The molecule has 0 amide bonds. The number of unbranched alkanes of at least 4 members (excludes halogenated alkanes) is 19. The van der Waals surface area contributed by atoms with Crippen molar-refractivity contribution in [3.05, 3.63) is 0 Å². The fraction of sp³-hybridized carbons (Fsp3) is 0.886. The van der Waals surface area contributed by atoms with E-state index in [2.05, 4.69) is 49.4 Å². The van der Waals surface area contributed by atoms with Crippen LogP contribution in [-0.2, 0) is 19.0 Å². The molecule has 0 fully saturated rings. The van der Waals surface area contributed by atoms with Crippen LogP contribution in [0.15, 0.2) is 0 Å². The number of carbonyl (C=O) groups is 1. The lowest BCUT2D eigenvalue weighted by Crippen LogP contribution is -2.29. The molecule has 0 aliphatic rings. The number of ether oxygens (including phenoxy) is 3. The molecule has 0 heterocycles. The minimum absolute atomic E-state index is 0.0265. The molecule has 292 valence electrons. The number of nitrogens with zero attached hydrogens (tertiary/aromatic N) is 1. The number of carbonyl (C=O) groups excluding carboxylic acids is 1. The summed E-state index contributed by atoms with van der Waals surface area (Å²) in [5.41, 5.74) is 0. The quantitative estimate of drug-likeness (QED) is 0.0301. The second-order valence-electron chi connectivity index (χ2n) is 13.9. The molecular formula is C44H81NO5. The highest BCUT2D eigenvalue weighted by Crippen LogP contribution is 2.14. The van der Waals surface area contributed by atoms with E-state index in [1.165, 1.54) is 103 Å². The number of esters is 1. The number of rotatable bonds is 37. The minimum Gasteiger partial charge on any atom is -0.466 e. The van der Waals surface area contributed by atoms with E-state index in [0.29, 0.717) is 26.2 Å². The molecule has 0 aromatic rings. The fourth-order valence-electron chi connectivity index (χ4n) is 5.86. The van der Waals surface area contributed by atoms with Crippen molar-refractivity contribution in [3.63, 3.8) is 0 Å². The maximum atomic E-state index is 12.0. The topological polar surface area (TPSA) is 68.2 Å². The maximum absolute atomic E-state index is 12.0. The van der Waals surface area contributed by atoms with Gasteiger partial charge < -0.3 is 24.2 Å². The Balaban J connectivity index is 3.97. The highest BCUT2D eigenvalue weighted by molar-refractivity contribution is 5.69. The van der Waals surface area contributed by atoms with E-state index >= 15 is 0 Å². The van der Waals surface area contributed by atoms with Crippen LogP contribution in [0, 0.1) is 23.7 Å². The summed E-state index contributed by atoms with van der Waals surface area (Å²) in [6.45, 7) is 11.6. The van der Waals surface area contributed by atoms with Gasteiger partial charge >= 0.3 is 5.97 Å². The Hall–Kier alpha value is -1.57. The van der Waals surface area contributed by atoms with Crippen molar-refractivity contribution in [1.29, 1.82) is 0 Å². The van der Waals surface area contributed by atoms with Crippen molar-refractivity contribution in [2.24, 2.45) is 0 Å². The van der Waals surface area contributed by atoms with E-state index in [4.69, 9.17) is 14.2 Å². The molecular weight excluding hydrogens is 622 g/mol. The summed E-state index contributed by atoms with van der Waals surface area (Å²) in [6.07, 6.45) is 31.0. The average molecular weight is 704 g/mol. The molecule has 0 atom stereocenters. The molecule has 0 aliphatic heterocycles. The van der Waals surface area contributed by atoms with Gasteiger partial charge in [-0.2, -0.15) is 0 Å². The minimum atomic E-state index is -0.155. The summed E-state index contributed by atoms with van der Waals surface area (Å²) < 4.78 is 17.5. The third kappa shape index (κ3) is 37.7. The molecule has 0 aliphatic carbocycles. The first-order valence-electron chi connectivity index (χ1n) is 21.3. The second kappa shape index (κ2) is 41.8. The summed E-state index contributed by atoms with van der Waals surface area (Å²) in [5.74, 6) is 12.9. The Morgan fingerprint density at radius 1 is 0.520 bits per heavy atom. The molecule has 0 radical (unpaired) electrons. The van der Waals surface area contributed by atoms with Crippen molar-refractivity contribution >= 4 is 5.97 Å². The molecule has 0 saturated heterocycles. The zero-order valence-electron chi connectivity index (χ0n) is 33.4. The van der Waals surface area contributed by atoms with Crippen LogP contribution in [0.5, 0.6) is 0 Å². The molecule has 0 saturated carbocycles. The van der Waals surface area contributed by atoms with Gasteiger partial charge in [0.2, 0.25) is 0 Å². The predicted molar refractivity (Wildman–Crippen MR) is 212 cm³/mol. The molecule has 50 heavy (non-hydrogen) atoms. The van der Waals surface area contributed by atoms with Crippen LogP contribution in [0.3, 0.4) is 0 Å². The maximum Gasteiger partial charge on any atom is 0.305 e. The van der Waals surface area contributed by atoms with Crippen LogP contribution in [0.2, 0.25) is 0 Å². The Kier molecular flexibility index (Phi) is 40.5. The Morgan fingerprint density at radius 2 is 0.980 bits per heavy atom. The second-order valence-corrected chi connectivity index (χ2v) is 13.9. The lowest BCUT2D eigenvalue weighted by molar-refractivity contribution is -0.144. The van der Waals surface area contributed by atoms with Gasteiger partial charge in [-0.25, -0.2) is 0 Å². The molecule has 0 rings (SSSR count). The van der Waals surface area contributed by atoms with Crippen molar-refractivity contribution in [2.75, 3.05) is 46.1 Å². The molecule has 0 unspecified atom stereocenters. The lowest BCUT2D eigenvalue weighted by atomic mass is 10.1. The third-order valence-corrected chi connectivity index (χ3v) is 9.07. The van der Waals surface area contributed by atoms with Crippen LogP contribution < -0.4 is 0 Å². The summed E-state index contributed by atoms with van der Waals surface area (Å²) in [7, 11) is 0. The van der Waals surface area contributed by atoms with Crippen molar-refractivity contribution in [3.8, 4) is 23.7 Å². The SMILES string of the molecule is CCCCC#CCCOC(CCCCCCCCN(CCO)CCCCCCCC(=O)OCCCCCCCCC)OCCC#CCCCC. The zero-order valence-corrected chi connectivity index (χ0v) is 33.4. The average Bonchev–Trinajstić information content (AvgIpc) is 3.12.